The Hall–Kier alpha value is -1.76. The minimum Gasteiger partial charge on any atom is -0.508 e. The van der Waals surface area contributed by atoms with Gasteiger partial charge in [0.2, 0.25) is 10.0 Å². The number of phenolic OH excluding ortho intramolecular Hbond substituents is 1. The van der Waals surface area contributed by atoms with Crippen molar-refractivity contribution < 1.29 is 23.4 Å². The average molecular weight is 313 g/mol. The highest BCUT2D eigenvalue weighted by atomic mass is 32.2. The molecule has 1 aromatic rings. The fraction of sp³-hybridized carbons (Fsp3) is 0.500. The zero-order valence-corrected chi connectivity index (χ0v) is 12.4. The van der Waals surface area contributed by atoms with Crippen LogP contribution < -0.4 is 4.72 Å². The number of benzene rings is 1. The number of sulfonamides is 1. The van der Waals surface area contributed by atoms with Crippen LogP contribution in [-0.2, 0) is 10.0 Å². The van der Waals surface area contributed by atoms with Crippen LogP contribution in [0.3, 0.4) is 0 Å². The van der Waals surface area contributed by atoms with Crippen molar-refractivity contribution in [3.8, 4) is 5.75 Å². The molecular weight excluding hydrogens is 294 g/mol. The van der Waals surface area contributed by atoms with Crippen molar-refractivity contribution in [1.82, 2.24) is 0 Å². The van der Waals surface area contributed by atoms with Crippen molar-refractivity contribution in [3.05, 3.63) is 23.8 Å². The normalized spacial score (nSPS) is 16.6. The summed E-state index contributed by atoms with van der Waals surface area (Å²) in [5.41, 5.74) is -0.279. The first-order valence-corrected chi connectivity index (χ1v) is 8.59. The Labute approximate surface area is 123 Å². The van der Waals surface area contributed by atoms with E-state index in [1.54, 1.807) is 0 Å². The molecule has 21 heavy (non-hydrogen) atoms. The molecule has 116 valence electrons. The van der Waals surface area contributed by atoms with E-state index in [2.05, 4.69) is 4.72 Å². The average Bonchev–Trinajstić information content (AvgIpc) is 2.41. The maximum absolute atomic E-state index is 12.2. The molecule has 1 aromatic carbocycles. The Bertz CT molecular complexity index is 620. The highest BCUT2D eigenvalue weighted by Crippen LogP contribution is 2.27. The number of carbonyl (C=O) groups is 1. The van der Waals surface area contributed by atoms with Crippen molar-refractivity contribution in [1.29, 1.82) is 0 Å². The smallest absolute Gasteiger partial charge is 0.337 e. The van der Waals surface area contributed by atoms with Crippen molar-refractivity contribution in [2.45, 2.75) is 32.1 Å². The monoisotopic (exact) mass is 313 g/mol. The molecule has 1 fully saturated rings. The van der Waals surface area contributed by atoms with E-state index >= 15 is 0 Å². The van der Waals surface area contributed by atoms with Gasteiger partial charge < -0.3 is 10.2 Å². The first-order valence-electron chi connectivity index (χ1n) is 6.94. The first kappa shape index (κ1) is 15.6. The fourth-order valence-corrected chi connectivity index (χ4v) is 4.22. The Morgan fingerprint density at radius 3 is 2.52 bits per heavy atom. The van der Waals surface area contributed by atoms with Crippen LogP contribution in [0.4, 0.5) is 5.69 Å². The quantitative estimate of drug-likeness (QED) is 0.724. The molecule has 0 atom stereocenters. The van der Waals surface area contributed by atoms with Crippen LogP contribution in [0.15, 0.2) is 18.2 Å². The van der Waals surface area contributed by atoms with Gasteiger partial charge in [0.05, 0.1) is 17.0 Å². The van der Waals surface area contributed by atoms with Crippen LogP contribution in [0.1, 0.15) is 42.5 Å². The third-order valence-electron chi connectivity index (χ3n) is 3.68. The van der Waals surface area contributed by atoms with Gasteiger partial charge in [-0.05, 0) is 37.0 Å². The second kappa shape index (κ2) is 6.34. The van der Waals surface area contributed by atoms with Gasteiger partial charge in [0, 0.05) is 0 Å². The van der Waals surface area contributed by atoms with Crippen LogP contribution in [-0.4, -0.2) is 30.4 Å². The molecular formula is C14H19NO5S. The van der Waals surface area contributed by atoms with Crippen LogP contribution in [0, 0.1) is 5.92 Å². The highest BCUT2D eigenvalue weighted by Gasteiger charge is 2.23. The highest BCUT2D eigenvalue weighted by molar-refractivity contribution is 7.92. The van der Waals surface area contributed by atoms with E-state index in [0.29, 0.717) is 0 Å². The van der Waals surface area contributed by atoms with Crippen LogP contribution in [0.5, 0.6) is 5.75 Å². The molecule has 0 heterocycles. The van der Waals surface area contributed by atoms with E-state index in [1.807, 2.05) is 0 Å². The third kappa shape index (κ3) is 4.35. The lowest BCUT2D eigenvalue weighted by Gasteiger charge is -2.21. The summed E-state index contributed by atoms with van der Waals surface area (Å²) in [7, 11) is -3.60. The van der Waals surface area contributed by atoms with Gasteiger partial charge in [-0.15, -0.1) is 0 Å². The Kier molecular flexibility index (Phi) is 4.72. The van der Waals surface area contributed by atoms with E-state index < -0.39 is 16.0 Å². The maximum Gasteiger partial charge on any atom is 0.337 e. The number of carboxylic acids is 1. The van der Waals surface area contributed by atoms with Gasteiger partial charge in [-0.1, -0.05) is 19.3 Å². The molecule has 1 saturated carbocycles. The number of carboxylic acid groups (broad SMARTS) is 1. The number of aromatic carboxylic acids is 1. The zero-order chi connectivity index (χ0) is 15.5. The van der Waals surface area contributed by atoms with E-state index in [4.69, 9.17) is 5.11 Å². The molecule has 3 N–H and O–H groups in total. The predicted molar refractivity (Wildman–Crippen MR) is 79.1 cm³/mol. The van der Waals surface area contributed by atoms with Gasteiger partial charge in [0.25, 0.3) is 0 Å². The molecule has 7 heteroatoms. The minimum absolute atomic E-state index is 0.00688. The lowest BCUT2D eigenvalue weighted by Crippen LogP contribution is -2.25. The molecule has 0 bridgehead atoms. The van der Waals surface area contributed by atoms with Gasteiger partial charge >= 0.3 is 5.97 Å². The number of anilines is 1. The summed E-state index contributed by atoms with van der Waals surface area (Å²) >= 11 is 0. The summed E-state index contributed by atoms with van der Waals surface area (Å²) in [5, 5.41) is 18.4. The number of rotatable bonds is 5. The standard InChI is InChI=1S/C14H19NO5S/c16-11-6-7-13(12(8-11)14(17)18)15-21(19,20)9-10-4-2-1-3-5-10/h6-8,10,15-16H,1-5,9H2,(H,17,18). The van der Waals surface area contributed by atoms with Gasteiger partial charge in [0.1, 0.15) is 5.75 Å². The third-order valence-corrected chi connectivity index (χ3v) is 5.12. The Morgan fingerprint density at radius 1 is 1.24 bits per heavy atom. The van der Waals surface area contributed by atoms with Gasteiger partial charge in [-0.25, -0.2) is 13.2 Å². The SMILES string of the molecule is O=C(O)c1cc(O)ccc1NS(=O)(=O)CC1CCCCC1. The molecule has 2 rings (SSSR count). The summed E-state index contributed by atoms with van der Waals surface area (Å²) in [6.45, 7) is 0. The van der Waals surface area contributed by atoms with Crippen molar-refractivity contribution in [3.63, 3.8) is 0 Å². The van der Waals surface area contributed by atoms with E-state index in [9.17, 15) is 18.3 Å². The second-order valence-electron chi connectivity index (χ2n) is 5.42. The van der Waals surface area contributed by atoms with Gasteiger partial charge in [-0.3, -0.25) is 4.72 Å². The number of nitrogens with one attached hydrogen (secondary N) is 1. The minimum atomic E-state index is -3.60. The van der Waals surface area contributed by atoms with E-state index in [0.717, 1.165) is 38.2 Å². The molecule has 0 saturated heterocycles. The molecule has 6 nitrogen and oxygen atoms in total. The molecule has 0 aromatic heterocycles. The lowest BCUT2D eigenvalue weighted by atomic mass is 9.91. The molecule has 0 amide bonds. The Morgan fingerprint density at radius 2 is 1.90 bits per heavy atom. The lowest BCUT2D eigenvalue weighted by molar-refractivity contribution is 0.0697. The second-order valence-corrected chi connectivity index (χ2v) is 7.19. The van der Waals surface area contributed by atoms with Crippen LogP contribution >= 0.6 is 0 Å². The van der Waals surface area contributed by atoms with Gasteiger partial charge in [-0.2, -0.15) is 0 Å². The molecule has 0 aliphatic heterocycles. The molecule has 0 radical (unpaired) electrons. The van der Waals surface area contributed by atoms with E-state index in [1.165, 1.54) is 12.1 Å². The number of hydrogen-bond acceptors (Lipinski definition) is 4. The summed E-state index contributed by atoms with van der Waals surface area (Å²) in [5.74, 6) is -1.38. The summed E-state index contributed by atoms with van der Waals surface area (Å²) < 4.78 is 26.6. The van der Waals surface area contributed by atoms with Gasteiger partial charge in [0.15, 0.2) is 0 Å². The van der Waals surface area contributed by atoms with Crippen LogP contribution in [0.2, 0.25) is 0 Å². The molecule has 1 aliphatic rings. The molecule has 0 unspecified atom stereocenters. The van der Waals surface area contributed by atoms with Crippen molar-refractivity contribution in [2.24, 2.45) is 5.92 Å². The zero-order valence-electron chi connectivity index (χ0n) is 11.6. The number of phenols is 1. The van der Waals surface area contributed by atoms with Crippen molar-refractivity contribution >= 4 is 21.7 Å². The largest absolute Gasteiger partial charge is 0.508 e. The summed E-state index contributed by atoms with van der Waals surface area (Å²) in [6.07, 6.45) is 5.01. The number of aromatic hydroxyl groups is 1. The number of hydrogen-bond donors (Lipinski definition) is 3. The summed E-state index contributed by atoms with van der Waals surface area (Å²) in [4.78, 5) is 11.1. The maximum atomic E-state index is 12.2. The molecule has 0 spiro atoms. The predicted octanol–water partition coefficient (Wildman–Crippen LogP) is 2.41. The van der Waals surface area contributed by atoms with E-state index in [-0.39, 0.29) is 28.7 Å². The first-order chi connectivity index (χ1) is 9.87. The fourth-order valence-electron chi connectivity index (χ4n) is 2.67. The van der Waals surface area contributed by atoms with Crippen molar-refractivity contribution in [2.75, 3.05) is 10.5 Å². The summed E-state index contributed by atoms with van der Waals surface area (Å²) in [6, 6.07) is 3.54. The molecule has 1 aliphatic carbocycles. The van der Waals surface area contributed by atoms with Crippen LogP contribution in [0.25, 0.3) is 0 Å². The topological polar surface area (TPSA) is 104 Å². The Balaban J connectivity index is 2.14.